The zero-order chi connectivity index (χ0) is 9.84. The van der Waals surface area contributed by atoms with Crippen LogP contribution in [0.25, 0.3) is 0 Å². The summed E-state index contributed by atoms with van der Waals surface area (Å²) in [5.41, 5.74) is 0.884. The van der Waals surface area contributed by atoms with Crippen molar-refractivity contribution >= 4 is 28.6 Å². The number of hydrogen-bond donors (Lipinski definition) is 0. The van der Waals surface area contributed by atoms with E-state index in [4.69, 9.17) is 0 Å². The molecule has 0 fully saturated rings. The average molecular weight is 294 g/mol. The summed E-state index contributed by atoms with van der Waals surface area (Å²) in [5, 5.41) is 0. The molecule has 0 radical (unpaired) electrons. The van der Waals surface area contributed by atoms with Crippen molar-refractivity contribution < 1.29 is 13.9 Å². The Morgan fingerprint density at radius 1 is 1.54 bits per heavy atom. The average Bonchev–Trinajstić information content (AvgIpc) is 2.15. The molecule has 2 nitrogen and oxygen atoms in total. The molecule has 0 saturated carbocycles. The van der Waals surface area contributed by atoms with E-state index < -0.39 is 12.6 Å². The molecule has 0 aliphatic carbocycles. The van der Waals surface area contributed by atoms with Gasteiger partial charge >= 0.3 is 5.97 Å². The normalized spacial score (nSPS) is 9.77. The molecule has 0 spiro atoms. The van der Waals surface area contributed by atoms with E-state index in [0.29, 0.717) is 11.1 Å². The van der Waals surface area contributed by atoms with Crippen molar-refractivity contribution in [3.05, 3.63) is 32.9 Å². The monoisotopic (exact) mass is 294 g/mol. The highest BCUT2D eigenvalue weighted by Gasteiger charge is 2.07. The molecule has 0 heterocycles. The highest BCUT2D eigenvalue weighted by molar-refractivity contribution is 14.1. The minimum absolute atomic E-state index is 0.391. The fourth-order valence-electron chi connectivity index (χ4n) is 0.963. The summed E-state index contributed by atoms with van der Waals surface area (Å²) in [6, 6.07) is 4.84. The fraction of sp³-hybridized carbons (Fsp3) is 0.222. The topological polar surface area (TPSA) is 26.3 Å². The lowest BCUT2D eigenvalue weighted by atomic mass is 10.1. The van der Waals surface area contributed by atoms with Gasteiger partial charge in [0.15, 0.2) is 0 Å². The van der Waals surface area contributed by atoms with E-state index in [1.165, 1.54) is 13.2 Å². The van der Waals surface area contributed by atoms with Crippen molar-refractivity contribution in [2.45, 2.75) is 6.67 Å². The second-order valence-corrected chi connectivity index (χ2v) is 3.72. The first-order valence-electron chi connectivity index (χ1n) is 3.61. The van der Waals surface area contributed by atoms with E-state index in [1.807, 2.05) is 22.6 Å². The Hall–Kier alpha value is -0.650. The second-order valence-electron chi connectivity index (χ2n) is 2.47. The predicted octanol–water partition coefficient (Wildman–Crippen LogP) is 2.55. The lowest BCUT2D eigenvalue weighted by Gasteiger charge is -2.02. The molecule has 1 rings (SSSR count). The molecule has 0 saturated heterocycles. The van der Waals surface area contributed by atoms with Crippen LogP contribution >= 0.6 is 22.6 Å². The summed E-state index contributed by atoms with van der Waals surface area (Å²) >= 11 is 2.03. The van der Waals surface area contributed by atoms with E-state index in [2.05, 4.69) is 4.74 Å². The van der Waals surface area contributed by atoms with Crippen LogP contribution in [0.5, 0.6) is 0 Å². The molecule has 0 aliphatic rings. The molecular weight excluding hydrogens is 286 g/mol. The maximum Gasteiger partial charge on any atom is 0.337 e. The Morgan fingerprint density at radius 2 is 2.23 bits per heavy atom. The van der Waals surface area contributed by atoms with Crippen LogP contribution in [-0.2, 0) is 11.4 Å². The van der Waals surface area contributed by atoms with E-state index in [9.17, 15) is 9.18 Å². The first-order chi connectivity index (χ1) is 6.17. The number of methoxy groups -OCH3 is 1. The molecule has 0 N–H and O–H groups in total. The molecule has 13 heavy (non-hydrogen) atoms. The molecule has 0 bridgehead atoms. The second kappa shape index (κ2) is 4.55. The number of ether oxygens (including phenoxy) is 1. The summed E-state index contributed by atoms with van der Waals surface area (Å²) in [7, 11) is 1.30. The summed E-state index contributed by atoms with van der Waals surface area (Å²) in [4.78, 5) is 11.1. The summed E-state index contributed by atoms with van der Waals surface area (Å²) in [6.45, 7) is -0.569. The highest BCUT2D eigenvalue weighted by atomic mass is 127. The Morgan fingerprint density at radius 3 is 2.77 bits per heavy atom. The summed E-state index contributed by atoms with van der Waals surface area (Å²) in [5.74, 6) is -0.437. The number of benzene rings is 1. The van der Waals surface area contributed by atoms with Gasteiger partial charge in [-0.15, -0.1) is 0 Å². The van der Waals surface area contributed by atoms with E-state index in [1.54, 1.807) is 12.1 Å². The van der Waals surface area contributed by atoms with E-state index in [-0.39, 0.29) is 0 Å². The van der Waals surface area contributed by atoms with Gasteiger partial charge in [0.1, 0.15) is 6.67 Å². The van der Waals surface area contributed by atoms with Gasteiger partial charge < -0.3 is 4.74 Å². The van der Waals surface area contributed by atoms with Crippen LogP contribution in [0.15, 0.2) is 18.2 Å². The zero-order valence-electron chi connectivity index (χ0n) is 7.01. The third kappa shape index (κ3) is 2.65. The van der Waals surface area contributed by atoms with Crippen LogP contribution in [0.4, 0.5) is 4.39 Å². The molecule has 0 aliphatic heterocycles. The van der Waals surface area contributed by atoms with Crippen LogP contribution in [0.1, 0.15) is 15.9 Å². The molecule has 70 valence electrons. The standard InChI is InChI=1S/C9H8FIO2/c1-13-9(12)7-2-6(5-10)3-8(11)4-7/h2-4H,5H2,1H3. The van der Waals surface area contributed by atoms with Gasteiger partial charge in [-0.05, 0) is 46.4 Å². The van der Waals surface area contributed by atoms with Crippen molar-refractivity contribution in [1.29, 1.82) is 0 Å². The number of halogens is 2. The number of hydrogen-bond acceptors (Lipinski definition) is 2. The summed E-state index contributed by atoms with van der Waals surface area (Å²) in [6.07, 6.45) is 0. The molecule has 4 heteroatoms. The van der Waals surface area contributed by atoms with Crippen molar-refractivity contribution in [2.75, 3.05) is 7.11 Å². The van der Waals surface area contributed by atoms with Gasteiger partial charge in [0.05, 0.1) is 12.7 Å². The minimum Gasteiger partial charge on any atom is -0.465 e. The fourth-order valence-corrected chi connectivity index (χ4v) is 1.70. The number of carbonyl (C=O) groups is 1. The van der Waals surface area contributed by atoms with Crippen molar-refractivity contribution in [3.63, 3.8) is 0 Å². The Balaban J connectivity index is 3.08. The quantitative estimate of drug-likeness (QED) is 0.619. The van der Waals surface area contributed by atoms with Crippen molar-refractivity contribution in [2.24, 2.45) is 0 Å². The van der Waals surface area contributed by atoms with Gasteiger partial charge in [-0.3, -0.25) is 0 Å². The van der Waals surface area contributed by atoms with Gasteiger partial charge in [-0.2, -0.15) is 0 Å². The molecule has 0 atom stereocenters. The third-order valence-corrected chi connectivity index (χ3v) is 2.16. The van der Waals surface area contributed by atoms with Crippen LogP contribution in [-0.4, -0.2) is 13.1 Å². The van der Waals surface area contributed by atoms with Crippen molar-refractivity contribution in [1.82, 2.24) is 0 Å². The van der Waals surface area contributed by atoms with Gasteiger partial charge in [0.2, 0.25) is 0 Å². The maximum atomic E-state index is 12.3. The van der Waals surface area contributed by atoms with E-state index in [0.717, 1.165) is 3.57 Å². The summed E-state index contributed by atoms with van der Waals surface area (Å²) < 4.78 is 17.7. The van der Waals surface area contributed by atoms with Gasteiger partial charge in [0.25, 0.3) is 0 Å². The first-order valence-corrected chi connectivity index (χ1v) is 4.69. The zero-order valence-corrected chi connectivity index (χ0v) is 9.17. The number of esters is 1. The lowest BCUT2D eigenvalue weighted by molar-refractivity contribution is 0.0600. The lowest BCUT2D eigenvalue weighted by Crippen LogP contribution is -2.02. The molecule has 0 unspecified atom stereocenters. The van der Waals surface area contributed by atoms with Gasteiger partial charge in [-0.1, -0.05) is 0 Å². The number of alkyl halides is 1. The highest BCUT2D eigenvalue weighted by Crippen LogP contribution is 2.14. The SMILES string of the molecule is COC(=O)c1cc(I)cc(CF)c1. The van der Waals surface area contributed by atoms with E-state index >= 15 is 0 Å². The van der Waals surface area contributed by atoms with Crippen LogP contribution in [0, 0.1) is 3.57 Å². The largest absolute Gasteiger partial charge is 0.465 e. The van der Waals surface area contributed by atoms with Crippen molar-refractivity contribution in [3.8, 4) is 0 Å². The molecule has 0 amide bonds. The predicted molar refractivity (Wildman–Crippen MR) is 55.3 cm³/mol. The van der Waals surface area contributed by atoms with Gasteiger partial charge in [0, 0.05) is 3.57 Å². The number of carbonyl (C=O) groups excluding carboxylic acids is 1. The first kappa shape index (κ1) is 10.4. The maximum absolute atomic E-state index is 12.3. The molecule has 1 aromatic rings. The Labute approximate surface area is 89.2 Å². The minimum atomic E-state index is -0.569. The number of rotatable bonds is 2. The Bertz CT molecular complexity index is 325. The molecule has 1 aromatic carbocycles. The van der Waals surface area contributed by atoms with Crippen LogP contribution in [0.2, 0.25) is 0 Å². The van der Waals surface area contributed by atoms with Crippen LogP contribution < -0.4 is 0 Å². The Kier molecular flexibility index (Phi) is 3.65. The van der Waals surface area contributed by atoms with Crippen LogP contribution in [0.3, 0.4) is 0 Å². The third-order valence-electron chi connectivity index (χ3n) is 1.53. The van der Waals surface area contributed by atoms with Gasteiger partial charge in [-0.25, -0.2) is 9.18 Å². The molecule has 0 aromatic heterocycles. The smallest absolute Gasteiger partial charge is 0.337 e. The molecular formula is C9H8FIO2.